The number of ether oxygens (including phenoxy) is 2. The van der Waals surface area contributed by atoms with Crippen molar-refractivity contribution < 1.29 is 19.1 Å². The van der Waals surface area contributed by atoms with E-state index in [1.54, 1.807) is 19.1 Å². The number of amides is 2. The van der Waals surface area contributed by atoms with Crippen LogP contribution >= 0.6 is 0 Å². The minimum atomic E-state index is -0.664. The third kappa shape index (κ3) is 7.87. The van der Waals surface area contributed by atoms with Crippen molar-refractivity contribution in [2.75, 3.05) is 20.8 Å². The average Bonchev–Trinajstić information content (AvgIpc) is 2.90. The van der Waals surface area contributed by atoms with Gasteiger partial charge in [-0.2, -0.15) is 0 Å². The van der Waals surface area contributed by atoms with Gasteiger partial charge in [-0.25, -0.2) is 0 Å². The maximum absolute atomic E-state index is 13.8. The molecule has 1 N–H and O–H groups in total. The van der Waals surface area contributed by atoms with E-state index in [-0.39, 0.29) is 18.2 Å². The molecule has 2 amide bonds. The molecule has 0 aromatic heterocycles. The SMILES string of the molecule is COc1ccc(CC(=O)N(Cc2cccc(OC)c2)[C@H](Cc2ccccc2)C(=O)NCC(C)C)cc1. The van der Waals surface area contributed by atoms with Crippen LogP contribution in [0.25, 0.3) is 0 Å². The molecule has 0 radical (unpaired) electrons. The van der Waals surface area contributed by atoms with Gasteiger partial charge < -0.3 is 19.7 Å². The van der Waals surface area contributed by atoms with Gasteiger partial charge in [0.1, 0.15) is 17.5 Å². The standard InChI is InChI=1S/C30H36N2O4/c1-22(2)20-31-30(34)28(18-23-9-6-5-7-10-23)32(21-25-11-8-12-27(17-25)36-4)29(33)19-24-13-15-26(35-3)16-14-24/h5-17,22,28H,18-21H2,1-4H3,(H,31,34)/t28-/m1/s1. The highest BCUT2D eigenvalue weighted by Gasteiger charge is 2.30. The zero-order valence-electron chi connectivity index (χ0n) is 21.6. The van der Waals surface area contributed by atoms with Crippen LogP contribution in [0.1, 0.15) is 30.5 Å². The number of carbonyl (C=O) groups is 2. The monoisotopic (exact) mass is 488 g/mol. The van der Waals surface area contributed by atoms with E-state index in [9.17, 15) is 9.59 Å². The maximum atomic E-state index is 13.8. The summed E-state index contributed by atoms with van der Waals surface area (Å²) in [6.45, 7) is 4.94. The van der Waals surface area contributed by atoms with E-state index in [0.717, 1.165) is 22.4 Å². The van der Waals surface area contributed by atoms with Crippen LogP contribution in [0.15, 0.2) is 78.9 Å². The molecule has 0 heterocycles. The molecule has 6 heteroatoms. The quantitative estimate of drug-likeness (QED) is 0.403. The van der Waals surface area contributed by atoms with Gasteiger partial charge in [-0.3, -0.25) is 9.59 Å². The Hall–Kier alpha value is -3.80. The molecule has 0 saturated heterocycles. The van der Waals surface area contributed by atoms with Crippen molar-refractivity contribution in [3.63, 3.8) is 0 Å². The first-order chi connectivity index (χ1) is 17.4. The molecule has 190 valence electrons. The second-order valence-corrected chi connectivity index (χ2v) is 9.24. The predicted molar refractivity (Wildman–Crippen MR) is 142 cm³/mol. The van der Waals surface area contributed by atoms with E-state index in [0.29, 0.717) is 31.2 Å². The zero-order chi connectivity index (χ0) is 25.9. The number of hydrogen-bond acceptors (Lipinski definition) is 4. The average molecular weight is 489 g/mol. The van der Waals surface area contributed by atoms with Crippen LogP contribution in [0.3, 0.4) is 0 Å². The summed E-state index contributed by atoms with van der Waals surface area (Å²) in [5.74, 6) is 1.46. The van der Waals surface area contributed by atoms with Gasteiger partial charge in [-0.15, -0.1) is 0 Å². The summed E-state index contributed by atoms with van der Waals surface area (Å²) in [7, 11) is 3.23. The summed E-state index contributed by atoms with van der Waals surface area (Å²) < 4.78 is 10.6. The molecule has 3 aromatic rings. The van der Waals surface area contributed by atoms with Crippen molar-refractivity contribution in [2.24, 2.45) is 5.92 Å². The van der Waals surface area contributed by atoms with E-state index in [1.807, 2.05) is 78.9 Å². The lowest BCUT2D eigenvalue weighted by molar-refractivity contribution is -0.140. The van der Waals surface area contributed by atoms with Crippen molar-refractivity contribution in [3.05, 3.63) is 95.6 Å². The molecule has 0 spiro atoms. The Bertz CT molecular complexity index is 1110. The van der Waals surface area contributed by atoms with E-state index < -0.39 is 6.04 Å². The Morgan fingerprint density at radius 2 is 1.47 bits per heavy atom. The summed E-state index contributed by atoms with van der Waals surface area (Å²) in [5, 5.41) is 3.05. The third-order valence-electron chi connectivity index (χ3n) is 5.96. The Labute approximate surface area is 214 Å². The summed E-state index contributed by atoms with van der Waals surface area (Å²) in [5.41, 5.74) is 2.75. The molecule has 0 saturated carbocycles. The highest BCUT2D eigenvalue weighted by Crippen LogP contribution is 2.20. The van der Waals surface area contributed by atoms with Gasteiger partial charge in [0, 0.05) is 19.5 Å². The lowest BCUT2D eigenvalue weighted by Gasteiger charge is -2.32. The highest BCUT2D eigenvalue weighted by atomic mass is 16.5. The van der Waals surface area contributed by atoms with Crippen LogP contribution < -0.4 is 14.8 Å². The van der Waals surface area contributed by atoms with Crippen LogP contribution in [0.5, 0.6) is 11.5 Å². The molecule has 0 bridgehead atoms. The number of hydrogen-bond donors (Lipinski definition) is 1. The predicted octanol–water partition coefficient (Wildman–Crippen LogP) is 4.66. The molecular weight excluding hydrogens is 452 g/mol. The molecule has 1 atom stereocenters. The Kier molecular flexibility index (Phi) is 9.92. The largest absolute Gasteiger partial charge is 0.497 e. The number of methoxy groups -OCH3 is 2. The van der Waals surface area contributed by atoms with Crippen molar-refractivity contribution in [3.8, 4) is 11.5 Å². The van der Waals surface area contributed by atoms with E-state index >= 15 is 0 Å². The fourth-order valence-corrected chi connectivity index (χ4v) is 3.96. The van der Waals surface area contributed by atoms with Crippen molar-refractivity contribution in [1.29, 1.82) is 0 Å². The lowest BCUT2D eigenvalue weighted by atomic mass is 10.0. The van der Waals surface area contributed by atoms with Gasteiger partial charge in [-0.05, 0) is 46.9 Å². The second kappa shape index (κ2) is 13.3. The smallest absolute Gasteiger partial charge is 0.243 e. The second-order valence-electron chi connectivity index (χ2n) is 9.24. The minimum absolute atomic E-state index is 0.122. The highest BCUT2D eigenvalue weighted by molar-refractivity contribution is 5.88. The van der Waals surface area contributed by atoms with E-state index in [4.69, 9.17) is 9.47 Å². The van der Waals surface area contributed by atoms with Crippen LogP contribution in [-0.4, -0.2) is 43.5 Å². The molecule has 0 unspecified atom stereocenters. The fraction of sp³-hybridized carbons (Fsp3) is 0.333. The summed E-state index contributed by atoms with van der Waals surface area (Å²) >= 11 is 0. The van der Waals surface area contributed by atoms with Gasteiger partial charge >= 0.3 is 0 Å². The Morgan fingerprint density at radius 3 is 2.11 bits per heavy atom. The minimum Gasteiger partial charge on any atom is -0.497 e. The number of nitrogens with one attached hydrogen (secondary N) is 1. The summed E-state index contributed by atoms with van der Waals surface area (Å²) in [4.78, 5) is 29.0. The van der Waals surface area contributed by atoms with Gasteiger partial charge in [0.05, 0.1) is 20.6 Å². The first kappa shape index (κ1) is 26.8. The maximum Gasteiger partial charge on any atom is 0.243 e. The molecule has 3 aromatic carbocycles. The van der Waals surface area contributed by atoms with E-state index in [2.05, 4.69) is 19.2 Å². The number of benzene rings is 3. The van der Waals surface area contributed by atoms with Gasteiger partial charge in [0.15, 0.2) is 0 Å². The normalized spacial score (nSPS) is 11.6. The molecule has 0 aliphatic rings. The molecule has 0 aliphatic carbocycles. The summed E-state index contributed by atoms with van der Waals surface area (Å²) in [6, 6.07) is 24.2. The zero-order valence-corrected chi connectivity index (χ0v) is 21.6. The number of rotatable bonds is 12. The Balaban J connectivity index is 1.95. The third-order valence-corrected chi connectivity index (χ3v) is 5.96. The van der Waals surface area contributed by atoms with E-state index in [1.165, 1.54) is 0 Å². The molecular formula is C30H36N2O4. The first-order valence-corrected chi connectivity index (χ1v) is 12.3. The van der Waals surface area contributed by atoms with Crippen LogP contribution in [0.4, 0.5) is 0 Å². The van der Waals surface area contributed by atoms with Crippen LogP contribution in [0, 0.1) is 5.92 Å². The molecule has 36 heavy (non-hydrogen) atoms. The molecule has 0 aliphatic heterocycles. The van der Waals surface area contributed by atoms with Gasteiger partial charge in [0.2, 0.25) is 11.8 Å². The molecule has 0 fully saturated rings. The topological polar surface area (TPSA) is 67.9 Å². The van der Waals surface area contributed by atoms with Gasteiger partial charge in [0.25, 0.3) is 0 Å². The molecule has 3 rings (SSSR count). The first-order valence-electron chi connectivity index (χ1n) is 12.3. The number of nitrogens with zero attached hydrogens (tertiary/aromatic N) is 1. The van der Waals surface area contributed by atoms with Crippen molar-refractivity contribution in [1.82, 2.24) is 10.2 Å². The molecule has 6 nitrogen and oxygen atoms in total. The van der Waals surface area contributed by atoms with Gasteiger partial charge in [-0.1, -0.05) is 68.4 Å². The Morgan fingerprint density at radius 1 is 0.806 bits per heavy atom. The van der Waals surface area contributed by atoms with Crippen LogP contribution in [0.2, 0.25) is 0 Å². The lowest BCUT2D eigenvalue weighted by Crippen LogP contribution is -2.51. The van der Waals surface area contributed by atoms with Crippen molar-refractivity contribution in [2.45, 2.75) is 39.3 Å². The summed E-state index contributed by atoms with van der Waals surface area (Å²) in [6.07, 6.45) is 0.597. The van der Waals surface area contributed by atoms with Crippen molar-refractivity contribution >= 4 is 11.8 Å². The van der Waals surface area contributed by atoms with Crippen LogP contribution in [-0.2, 0) is 29.0 Å². The number of carbonyl (C=O) groups excluding carboxylic acids is 2. The fourth-order valence-electron chi connectivity index (χ4n) is 3.96.